The summed E-state index contributed by atoms with van der Waals surface area (Å²) >= 11 is 0. The van der Waals surface area contributed by atoms with E-state index in [-0.39, 0.29) is 32.1 Å². The molecule has 0 saturated heterocycles. The number of rotatable bonds is 8. The van der Waals surface area contributed by atoms with Crippen molar-refractivity contribution in [1.29, 1.82) is 0 Å². The third-order valence-electron chi connectivity index (χ3n) is 4.29. The second-order valence-electron chi connectivity index (χ2n) is 6.30. The maximum Gasteiger partial charge on any atom is 0.416 e. The number of nitrogens with zero attached hydrogens (tertiary/aromatic N) is 1. The van der Waals surface area contributed by atoms with Crippen LogP contribution in [0.1, 0.15) is 30.9 Å². The summed E-state index contributed by atoms with van der Waals surface area (Å²) < 4.78 is 43.0. The number of esters is 1. The highest BCUT2D eigenvalue weighted by atomic mass is 19.4. The quantitative estimate of drug-likeness (QED) is 0.540. The van der Waals surface area contributed by atoms with Crippen LogP contribution in [-0.4, -0.2) is 36.5 Å². The molecule has 28 heavy (non-hydrogen) atoms. The standard InChI is InChI=1S/C20H23F3N2O3/c1-3-5-6-18(26)25-12-16(19(27)28-4-2)17(13-25)24-11-14-7-9-15(10-8-14)20(21,22)23/h3,7-10,24H,1,4-6,11-13H2,2H3. The maximum atomic E-state index is 12.7. The highest BCUT2D eigenvalue weighted by molar-refractivity contribution is 5.92. The number of allylic oxidation sites excluding steroid dienone is 1. The molecule has 0 aliphatic carbocycles. The Bertz CT molecular complexity index is 755. The topological polar surface area (TPSA) is 58.6 Å². The smallest absolute Gasteiger partial charge is 0.416 e. The number of nitrogens with one attached hydrogen (secondary N) is 1. The predicted octanol–water partition coefficient (Wildman–Crippen LogP) is 3.42. The van der Waals surface area contributed by atoms with Crippen molar-refractivity contribution in [2.24, 2.45) is 0 Å². The van der Waals surface area contributed by atoms with E-state index in [1.165, 1.54) is 12.1 Å². The van der Waals surface area contributed by atoms with Crippen molar-refractivity contribution in [1.82, 2.24) is 10.2 Å². The predicted molar refractivity (Wildman–Crippen MR) is 98.0 cm³/mol. The molecular formula is C20H23F3N2O3. The first-order valence-corrected chi connectivity index (χ1v) is 8.94. The minimum atomic E-state index is -4.39. The third kappa shape index (κ3) is 5.61. The fourth-order valence-corrected chi connectivity index (χ4v) is 2.78. The van der Waals surface area contributed by atoms with Gasteiger partial charge in [0, 0.05) is 18.7 Å². The number of halogens is 3. The molecule has 0 bridgehead atoms. The first-order chi connectivity index (χ1) is 13.3. The minimum Gasteiger partial charge on any atom is -0.463 e. The average molecular weight is 396 g/mol. The number of carbonyl (C=O) groups is 2. The Kier molecular flexibility index (Phi) is 7.25. The molecular weight excluding hydrogens is 373 g/mol. The lowest BCUT2D eigenvalue weighted by molar-refractivity contribution is -0.139. The summed E-state index contributed by atoms with van der Waals surface area (Å²) in [6, 6.07) is 4.78. The summed E-state index contributed by atoms with van der Waals surface area (Å²) in [6.07, 6.45) is -1.90. The van der Waals surface area contributed by atoms with Crippen molar-refractivity contribution in [3.8, 4) is 0 Å². The normalized spacial score (nSPS) is 14.2. The van der Waals surface area contributed by atoms with Crippen LogP contribution < -0.4 is 5.32 Å². The Morgan fingerprint density at radius 2 is 1.93 bits per heavy atom. The van der Waals surface area contributed by atoms with Crippen molar-refractivity contribution in [2.45, 2.75) is 32.5 Å². The van der Waals surface area contributed by atoms with Gasteiger partial charge >= 0.3 is 12.1 Å². The molecule has 5 nitrogen and oxygen atoms in total. The Labute approximate surface area is 161 Å². The van der Waals surface area contributed by atoms with E-state index in [4.69, 9.17) is 4.74 Å². The second kappa shape index (κ2) is 9.43. The Hall–Kier alpha value is -2.77. The van der Waals surface area contributed by atoms with Crippen LogP contribution in [0.25, 0.3) is 0 Å². The van der Waals surface area contributed by atoms with Gasteiger partial charge in [0.15, 0.2) is 0 Å². The molecule has 152 valence electrons. The largest absolute Gasteiger partial charge is 0.463 e. The lowest BCUT2D eigenvalue weighted by Crippen LogP contribution is -2.31. The third-order valence-corrected chi connectivity index (χ3v) is 4.29. The minimum absolute atomic E-state index is 0.104. The van der Waals surface area contributed by atoms with Crippen LogP contribution in [-0.2, 0) is 27.0 Å². The molecule has 0 saturated carbocycles. The summed E-state index contributed by atoms with van der Waals surface area (Å²) in [7, 11) is 0. The van der Waals surface area contributed by atoms with E-state index in [0.29, 0.717) is 29.7 Å². The van der Waals surface area contributed by atoms with Gasteiger partial charge in [-0.1, -0.05) is 18.2 Å². The van der Waals surface area contributed by atoms with E-state index in [1.807, 2.05) is 0 Å². The van der Waals surface area contributed by atoms with Gasteiger partial charge < -0.3 is 15.0 Å². The number of hydrogen-bond donors (Lipinski definition) is 1. The molecule has 2 rings (SSSR count). The molecule has 0 atom stereocenters. The molecule has 1 aliphatic rings. The molecule has 0 aromatic heterocycles. The lowest BCUT2D eigenvalue weighted by Gasteiger charge is -2.16. The molecule has 8 heteroatoms. The van der Waals surface area contributed by atoms with E-state index in [2.05, 4.69) is 11.9 Å². The van der Waals surface area contributed by atoms with Gasteiger partial charge in [0.25, 0.3) is 0 Å². The zero-order chi connectivity index (χ0) is 20.7. The Morgan fingerprint density at radius 1 is 1.25 bits per heavy atom. The van der Waals surface area contributed by atoms with E-state index >= 15 is 0 Å². The number of hydrogen-bond acceptors (Lipinski definition) is 4. The maximum absolute atomic E-state index is 12.7. The van der Waals surface area contributed by atoms with E-state index in [1.54, 1.807) is 17.9 Å². The van der Waals surface area contributed by atoms with E-state index < -0.39 is 17.7 Å². The van der Waals surface area contributed by atoms with Crippen molar-refractivity contribution in [3.05, 3.63) is 59.3 Å². The average Bonchev–Trinajstić information content (AvgIpc) is 3.09. The first-order valence-electron chi connectivity index (χ1n) is 8.94. The Balaban J connectivity index is 2.08. The summed E-state index contributed by atoms with van der Waals surface area (Å²) in [5, 5.41) is 3.07. The molecule has 1 aliphatic heterocycles. The summed E-state index contributed by atoms with van der Waals surface area (Å²) in [6.45, 7) is 6.08. The number of alkyl halides is 3. The van der Waals surface area contributed by atoms with Crippen molar-refractivity contribution >= 4 is 11.9 Å². The van der Waals surface area contributed by atoms with Crippen LogP contribution in [0, 0.1) is 0 Å². The molecule has 1 aromatic carbocycles. The van der Waals surface area contributed by atoms with Gasteiger partial charge in [-0.2, -0.15) is 13.2 Å². The van der Waals surface area contributed by atoms with E-state index in [9.17, 15) is 22.8 Å². The van der Waals surface area contributed by atoms with E-state index in [0.717, 1.165) is 12.1 Å². The SMILES string of the molecule is C=CCCC(=O)N1CC(NCc2ccc(C(F)(F)F)cc2)=C(C(=O)OCC)C1. The lowest BCUT2D eigenvalue weighted by atomic mass is 10.1. The number of benzene rings is 1. The number of ether oxygens (including phenoxy) is 1. The number of carbonyl (C=O) groups excluding carboxylic acids is 2. The second-order valence-corrected chi connectivity index (χ2v) is 6.30. The van der Waals surface area contributed by atoms with Gasteiger partial charge in [-0.15, -0.1) is 6.58 Å². The zero-order valence-electron chi connectivity index (χ0n) is 15.6. The van der Waals surface area contributed by atoms with Crippen LogP contribution in [0.5, 0.6) is 0 Å². The molecule has 0 spiro atoms. The molecule has 1 amide bonds. The van der Waals surface area contributed by atoms with Gasteiger partial charge in [-0.05, 0) is 31.0 Å². The van der Waals surface area contributed by atoms with Crippen LogP contribution in [0.15, 0.2) is 48.2 Å². The molecule has 1 aromatic rings. The Morgan fingerprint density at radius 3 is 2.50 bits per heavy atom. The van der Waals surface area contributed by atoms with Gasteiger partial charge in [0.1, 0.15) is 0 Å². The zero-order valence-corrected chi connectivity index (χ0v) is 15.6. The number of amides is 1. The molecule has 1 N–H and O–H groups in total. The summed E-state index contributed by atoms with van der Waals surface area (Å²) in [5.74, 6) is -0.607. The molecule has 1 heterocycles. The monoisotopic (exact) mass is 396 g/mol. The fourth-order valence-electron chi connectivity index (χ4n) is 2.78. The highest BCUT2D eigenvalue weighted by Gasteiger charge is 2.31. The first kappa shape index (κ1) is 21.5. The van der Waals surface area contributed by atoms with Crippen LogP contribution in [0.2, 0.25) is 0 Å². The molecule has 0 unspecified atom stereocenters. The summed E-state index contributed by atoms with van der Waals surface area (Å²) in [4.78, 5) is 26.0. The van der Waals surface area contributed by atoms with Gasteiger partial charge in [0.05, 0.1) is 30.8 Å². The fraction of sp³-hybridized carbons (Fsp3) is 0.400. The summed E-state index contributed by atoms with van der Waals surface area (Å²) in [5.41, 5.74) is 0.814. The molecule has 0 radical (unpaired) electrons. The van der Waals surface area contributed by atoms with Crippen molar-refractivity contribution in [3.63, 3.8) is 0 Å². The van der Waals surface area contributed by atoms with Gasteiger partial charge in [0.2, 0.25) is 5.91 Å². The van der Waals surface area contributed by atoms with Crippen molar-refractivity contribution < 1.29 is 27.5 Å². The van der Waals surface area contributed by atoms with Crippen LogP contribution in [0.3, 0.4) is 0 Å². The van der Waals surface area contributed by atoms with Crippen molar-refractivity contribution in [2.75, 3.05) is 19.7 Å². The van der Waals surface area contributed by atoms with Gasteiger partial charge in [-0.25, -0.2) is 4.79 Å². The van der Waals surface area contributed by atoms with Crippen LogP contribution in [0.4, 0.5) is 13.2 Å². The molecule has 0 fully saturated rings. The van der Waals surface area contributed by atoms with Crippen LogP contribution >= 0.6 is 0 Å². The highest BCUT2D eigenvalue weighted by Crippen LogP contribution is 2.29. The van der Waals surface area contributed by atoms with Gasteiger partial charge in [-0.3, -0.25) is 4.79 Å².